The molecule has 6 aromatic rings. The quantitative estimate of drug-likeness (QED) is 0.355. The summed E-state index contributed by atoms with van der Waals surface area (Å²) < 4.78 is 7.32. The Morgan fingerprint density at radius 3 is 2.41 bits per heavy atom. The fourth-order valence-corrected chi connectivity index (χ4v) is 4.48. The van der Waals surface area contributed by atoms with Crippen molar-refractivity contribution in [2.24, 2.45) is 0 Å². The lowest BCUT2D eigenvalue weighted by Gasteiger charge is -2.01. The standard InChI is InChI=1S/C23H14N2OS/c1-2-6-15-12-20-18(11-14(15)5-1)17-10-9-16(13-21(17)26-20)24-23-25-19-7-3-4-8-22(19)27-23/h1-13H,(H,24,25). The van der Waals surface area contributed by atoms with Crippen molar-refractivity contribution in [1.29, 1.82) is 0 Å². The minimum atomic E-state index is 0.881. The summed E-state index contributed by atoms with van der Waals surface area (Å²) in [6.45, 7) is 0. The van der Waals surface area contributed by atoms with Crippen LogP contribution in [-0.2, 0) is 0 Å². The average Bonchev–Trinajstić information content (AvgIpc) is 3.25. The second-order valence-corrected chi connectivity index (χ2v) is 7.65. The van der Waals surface area contributed by atoms with Gasteiger partial charge in [0.25, 0.3) is 0 Å². The van der Waals surface area contributed by atoms with E-state index >= 15 is 0 Å². The van der Waals surface area contributed by atoms with Crippen LogP contribution in [0.15, 0.2) is 83.3 Å². The van der Waals surface area contributed by atoms with E-state index < -0.39 is 0 Å². The van der Waals surface area contributed by atoms with Gasteiger partial charge in [-0.05, 0) is 47.2 Å². The minimum Gasteiger partial charge on any atom is -0.456 e. The van der Waals surface area contributed by atoms with E-state index in [1.807, 2.05) is 24.3 Å². The topological polar surface area (TPSA) is 38.1 Å². The van der Waals surface area contributed by atoms with Crippen molar-refractivity contribution in [2.45, 2.75) is 0 Å². The largest absolute Gasteiger partial charge is 0.456 e. The highest BCUT2D eigenvalue weighted by molar-refractivity contribution is 7.22. The summed E-state index contributed by atoms with van der Waals surface area (Å²) in [6, 6.07) is 27.1. The van der Waals surface area contributed by atoms with Crippen LogP contribution in [0.4, 0.5) is 10.8 Å². The maximum absolute atomic E-state index is 6.14. The third-order valence-electron chi connectivity index (χ3n) is 4.88. The van der Waals surface area contributed by atoms with Crippen LogP contribution in [0.2, 0.25) is 0 Å². The molecule has 4 heteroatoms. The van der Waals surface area contributed by atoms with Crippen LogP contribution in [0.25, 0.3) is 42.9 Å². The van der Waals surface area contributed by atoms with Crippen molar-refractivity contribution in [3.63, 3.8) is 0 Å². The number of furan rings is 1. The number of thiazole rings is 1. The number of hydrogen-bond donors (Lipinski definition) is 1. The molecule has 6 rings (SSSR count). The Morgan fingerprint density at radius 1 is 0.741 bits per heavy atom. The molecule has 27 heavy (non-hydrogen) atoms. The monoisotopic (exact) mass is 366 g/mol. The second-order valence-electron chi connectivity index (χ2n) is 6.62. The lowest BCUT2D eigenvalue weighted by Crippen LogP contribution is -1.88. The molecule has 0 saturated heterocycles. The maximum atomic E-state index is 6.14. The van der Waals surface area contributed by atoms with Crippen LogP contribution in [0, 0.1) is 0 Å². The number of aromatic nitrogens is 1. The number of fused-ring (bicyclic) bond motifs is 5. The summed E-state index contributed by atoms with van der Waals surface area (Å²) in [4.78, 5) is 4.64. The highest BCUT2D eigenvalue weighted by Crippen LogP contribution is 2.35. The Kier molecular flexibility index (Phi) is 3.04. The summed E-state index contributed by atoms with van der Waals surface area (Å²) in [7, 11) is 0. The minimum absolute atomic E-state index is 0.881. The molecule has 0 unspecified atom stereocenters. The van der Waals surface area contributed by atoms with Crippen LogP contribution in [0.3, 0.4) is 0 Å². The van der Waals surface area contributed by atoms with Crippen LogP contribution < -0.4 is 5.32 Å². The molecule has 128 valence electrons. The summed E-state index contributed by atoms with van der Waals surface area (Å²) in [5.74, 6) is 0. The molecule has 0 aliphatic heterocycles. The van der Waals surface area contributed by atoms with Crippen molar-refractivity contribution in [1.82, 2.24) is 4.98 Å². The number of anilines is 2. The lowest BCUT2D eigenvalue weighted by atomic mass is 10.1. The molecule has 0 fully saturated rings. The zero-order valence-corrected chi connectivity index (χ0v) is 15.1. The van der Waals surface area contributed by atoms with Gasteiger partial charge < -0.3 is 9.73 Å². The summed E-state index contributed by atoms with van der Waals surface area (Å²) >= 11 is 1.65. The van der Waals surface area contributed by atoms with Crippen LogP contribution in [0.5, 0.6) is 0 Å². The number of hydrogen-bond acceptors (Lipinski definition) is 4. The van der Waals surface area contributed by atoms with E-state index in [9.17, 15) is 0 Å². The summed E-state index contributed by atoms with van der Waals surface area (Å²) in [5, 5.41) is 8.99. The zero-order valence-electron chi connectivity index (χ0n) is 14.3. The van der Waals surface area contributed by atoms with Gasteiger partial charge in [0.2, 0.25) is 0 Å². The predicted octanol–water partition coefficient (Wildman–Crippen LogP) is 7.09. The first-order valence-electron chi connectivity index (χ1n) is 8.81. The molecule has 2 aromatic heterocycles. The third kappa shape index (κ3) is 2.38. The van der Waals surface area contributed by atoms with Crippen LogP contribution in [0.1, 0.15) is 0 Å². The van der Waals surface area contributed by atoms with E-state index in [-0.39, 0.29) is 0 Å². The maximum Gasteiger partial charge on any atom is 0.188 e. The molecule has 0 saturated carbocycles. The first-order valence-corrected chi connectivity index (χ1v) is 9.63. The summed E-state index contributed by atoms with van der Waals surface area (Å²) in [6.07, 6.45) is 0. The molecule has 1 N–H and O–H groups in total. The number of nitrogens with one attached hydrogen (secondary N) is 1. The number of para-hydroxylation sites is 1. The van der Waals surface area contributed by atoms with E-state index in [0.29, 0.717) is 0 Å². The molecule has 0 amide bonds. The van der Waals surface area contributed by atoms with Crippen molar-refractivity contribution in [3.8, 4) is 0 Å². The summed E-state index contributed by atoms with van der Waals surface area (Å²) in [5.41, 5.74) is 3.79. The van der Waals surface area contributed by atoms with Gasteiger partial charge in [-0.25, -0.2) is 4.98 Å². The van der Waals surface area contributed by atoms with Gasteiger partial charge >= 0.3 is 0 Å². The molecule has 0 atom stereocenters. The number of rotatable bonds is 2. The Balaban J connectivity index is 1.46. The van der Waals surface area contributed by atoms with E-state index in [4.69, 9.17) is 4.42 Å². The van der Waals surface area contributed by atoms with E-state index in [0.717, 1.165) is 38.3 Å². The van der Waals surface area contributed by atoms with Gasteiger partial charge in [0.1, 0.15) is 11.2 Å². The van der Waals surface area contributed by atoms with Gasteiger partial charge in [-0.1, -0.05) is 47.7 Å². The first kappa shape index (κ1) is 14.8. The highest BCUT2D eigenvalue weighted by atomic mass is 32.1. The Hall–Kier alpha value is -3.37. The third-order valence-corrected chi connectivity index (χ3v) is 5.84. The molecule has 0 spiro atoms. The average molecular weight is 366 g/mol. The molecular weight excluding hydrogens is 352 g/mol. The molecule has 3 nitrogen and oxygen atoms in total. The Morgan fingerprint density at radius 2 is 1.52 bits per heavy atom. The van der Waals surface area contributed by atoms with Crippen molar-refractivity contribution < 1.29 is 4.42 Å². The SMILES string of the molecule is c1ccc2cc3c(cc2c1)oc1cc(Nc2nc4ccccc4s2)ccc13. The molecule has 0 bridgehead atoms. The number of benzene rings is 4. The second kappa shape index (κ2) is 5.56. The van der Waals surface area contributed by atoms with Crippen LogP contribution in [-0.4, -0.2) is 4.98 Å². The van der Waals surface area contributed by atoms with Gasteiger partial charge in [-0.2, -0.15) is 0 Å². The van der Waals surface area contributed by atoms with Crippen molar-refractivity contribution >= 4 is 65.1 Å². The highest BCUT2D eigenvalue weighted by Gasteiger charge is 2.10. The smallest absolute Gasteiger partial charge is 0.188 e. The first-order chi connectivity index (χ1) is 13.3. The van der Waals surface area contributed by atoms with Gasteiger partial charge in [-0.15, -0.1) is 0 Å². The molecule has 0 aliphatic rings. The van der Waals surface area contributed by atoms with Gasteiger partial charge in [0.05, 0.1) is 10.2 Å². The van der Waals surface area contributed by atoms with Crippen molar-refractivity contribution in [2.75, 3.05) is 5.32 Å². The zero-order chi connectivity index (χ0) is 17.8. The Labute approximate surface area is 158 Å². The lowest BCUT2D eigenvalue weighted by molar-refractivity contribution is 0.669. The molecule has 0 aliphatic carbocycles. The Bertz CT molecular complexity index is 1430. The van der Waals surface area contributed by atoms with Gasteiger partial charge in [0, 0.05) is 22.5 Å². The van der Waals surface area contributed by atoms with E-state index in [2.05, 4.69) is 64.9 Å². The van der Waals surface area contributed by atoms with Gasteiger partial charge in [0.15, 0.2) is 5.13 Å². The fraction of sp³-hybridized carbons (Fsp3) is 0. The predicted molar refractivity (Wildman–Crippen MR) is 114 cm³/mol. The molecular formula is C23H14N2OS. The van der Waals surface area contributed by atoms with Crippen molar-refractivity contribution in [3.05, 3.63) is 78.9 Å². The van der Waals surface area contributed by atoms with Gasteiger partial charge in [-0.3, -0.25) is 0 Å². The normalized spacial score (nSPS) is 11.7. The van der Waals surface area contributed by atoms with E-state index in [1.165, 1.54) is 15.5 Å². The molecule has 2 heterocycles. The molecule has 0 radical (unpaired) electrons. The van der Waals surface area contributed by atoms with Crippen LogP contribution >= 0.6 is 11.3 Å². The van der Waals surface area contributed by atoms with E-state index in [1.54, 1.807) is 11.3 Å². The number of nitrogens with zero attached hydrogens (tertiary/aromatic N) is 1. The molecule has 4 aromatic carbocycles. The fourth-order valence-electron chi connectivity index (χ4n) is 3.59.